The molecule has 4 bridgehead atoms. The van der Waals surface area contributed by atoms with Crippen LogP contribution in [-0.2, 0) is 16.6 Å². The summed E-state index contributed by atoms with van der Waals surface area (Å²) in [6, 6.07) is 6.72. The van der Waals surface area contributed by atoms with Crippen molar-refractivity contribution < 1.29 is 17.9 Å². The van der Waals surface area contributed by atoms with Crippen LogP contribution in [-0.4, -0.2) is 70.1 Å². The van der Waals surface area contributed by atoms with Gasteiger partial charge in [0, 0.05) is 43.1 Å². The monoisotopic (exact) mass is 608 g/mol. The van der Waals surface area contributed by atoms with Gasteiger partial charge in [0.15, 0.2) is 10.8 Å². The molecule has 1 saturated heterocycles. The second kappa shape index (κ2) is 10.9. The molecule has 2 N–H and O–H groups in total. The standard InChI is InChI=1S/C30H40N8O4S/c1-30(2)18-22-19-37(30)28-24(29(39)35-43(40,41)27-11-15-36(34-27)14-3-13-31-22)8-9-25(32-28)38-16-10-26(33-38)42-17-12-23(20-4-5-20)21-6-7-21/h8-11,15-16,20-23,31H,3-7,12-14,17-19H2,1-2H3,(H,35,39). The maximum Gasteiger partial charge on any atom is 0.283 e. The van der Waals surface area contributed by atoms with Crippen molar-refractivity contribution in [2.75, 3.05) is 24.6 Å². The van der Waals surface area contributed by atoms with Gasteiger partial charge in [0.05, 0.1) is 12.2 Å². The molecule has 1 unspecified atom stereocenters. The number of pyridine rings is 1. The molecule has 0 aromatic carbocycles. The van der Waals surface area contributed by atoms with E-state index in [1.807, 2.05) is 6.07 Å². The quantitative estimate of drug-likeness (QED) is 0.415. The first kappa shape index (κ1) is 28.3. The van der Waals surface area contributed by atoms with Crippen LogP contribution in [0.3, 0.4) is 0 Å². The average molecular weight is 609 g/mol. The fraction of sp³-hybridized carbons (Fsp3) is 0.600. The molecule has 2 aliphatic carbocycles. The smallest absolute Gasteiger partial charge is 0.283 e. The van der Waals surface area contributed by atoms with Gasteiger partial charge in [-0.15, -0.1) is 5.10 Å². The summed E-state index contributed by atoms with van der Waals surface area (Å²) in [5.41, 5.74) is -0.161. The molecule has 43 heavy (non-hydrogen) atoms. The molecule has 230 valence electrons. The van der Waals surface area contributed by atoms with E-state index in [9.17, 15) is 13.2 Å². The molecule has 1 amide bonds. The number of anilines is 1. The van der Waals surface area contributed by atoms with E-state index in [0.717, 1.165) is 43.6 Å². The van der Waals surface area contributed by atoms with Crippen molar-refractivity contribution in [1.29, 1.82) is 0 Å². The van der Waals surface area contributed by atoms with Gasteiger partial charge in [-0.3, -0.25) is 9.48 Å². The molecule has 3 aromatic heterocycles. The van der Waals surface area contributed by atoms with Gasteiger partial charge in [0.25, 0.3) is 15.9 Å². The van der Waals surface area contributed by atoms with Gasteiger partial charge < -0.3 is 15.0 Å². The maximum absolute atomic E-state index is 13.5. The molecule has 13 heteroatoms. The second-order valence-electron chi connectivity index (χ2n) is 13.1. The highest BCUT2D eigenvalue weighted by atomic mass is 32.2. The SMILES string of the molecule is CC1(C)CC2CN1c1nc(-n3ccc(OCCC(C4CC4)C4CC4)n3)ccc1C(=O)NS(=O)(=O)c1ccn(n1)CCCN2. The minimum atomic E-state index is -4.18. The van der Waals surface area contributed by atoms with E-state index in [-0.39, 0.29) is 22.2 Å². The van der Waals surface area contributed by atoms with E-state index in [4.69, 9.17) is 9.72 Å². The minimum Gasteiger partial charge on any atom is -0.477 e. The molecule has 3 aromatic rings. The zero-order valence-corrected chi connectivity index (χ0v) is 25.6. The second-order valence-corrected chi connectivity index (χ2v) is 14.7. The third kappa shape index (κ3) is 6.01. The Morgan fingerprint density at radius 2 is 1.86 bits per heavy atom. The van der Waals surface area contributed by atoms with Crippen LogP contribution >= 0.6 is 0 Å². The number of carbonyl (C=O) groups excluding carboxylic acids is 1. The van der Waals surface area contributed by atoms with Gasteiger partial charge in [-0.05, 0) is 101 Å². The number of carbonyl (C=O) groups is 1. The van der Waals surface area contributed by atoms with Crippen molar-refractivity contribution >= 4 is 21.7 Å². The number of nitrogens with one attached hydrogen (secondary N) is 2. The summed E-state index contributed by atoms with van der Waals surface area (Å²) in [5, 5.41) is 12.2. The first-order valence-electron chi connectivity index (χ1n) is 15.5. The molecule has 1 atom stereocenters. The van der Waals surface area contributed by atoms with Crippen molar-refractivity contribution in [2.45, 2.75) is 81.9 Å². The summed E-state index contributed by atoms with van der Waals surface area (Å²) in [5.74, 6) is 3.27. The van der Waals surface area contributed by atoms with Gasteiger partial charge in [-0.2, -0.15) is 13.5 Å². The summed E-state index contributed by atoms with van der Waals surface area (Å²) in [6.45, 7) is 6.83. The first-order chi connectivity index (χ1) is 20.7. The number of aromatic nitrogens is 5. The summed E-state index contributed by atoms with van der Waals surface area (Å²) in [4.78, 5) is 20.6. The molecule has 0 radical (unpaired) electrons. The van der Waals surface area contributed by atoms with Crippen LogP contribution < -0.4 is 19.7 Å². The van der Waals surface area contributed by atoms with Crippen molar-refractivity contribution in [3.8, 4) is 11.7 Å². The highest BCUT2D eigenvalue weighted by Crippen LogP contribution is 2.50. The summed E-state index contributed by atoms with van der Waals surface area (Å²) in [6.07, 6.45) is 11.6. The normalized spacial score (nSPS) is 23.4. The minimum absolute atomic E-state index is 0.171. The van der Waals surface area contributed by atoms with Crippen LogP contribution in [0.4, 0.5) is 5.82 Å². The molecule has 2 saturated carbocycles. The summed E-state index contributed by atoms with van der Waals surface area (Å²) >= 11 is 0. The maximum atomic E-state index is 13.5. The number of aryl methyl sites for hydroxylation is 1. The molecular formula is C30H40N8O4S. The Hall–Kier alpha value is -3.45. The van der Waals surface area contributed by atoms with E-state index < -0.39 is 15.9 Å². The van der Waals surface area contributed by atoms with E-state index in [0.29, 0.717) is 37.2 Å². The average Bonchev–Trinajstić information content (AvgIpc) is 3.86. The topological polar surface area (TPSA) is 136 Å². The molecule has 5 heterocycles. The highest BCUT2D eigenvalue weighted by Gasteiger charge is 2.42. The van der Waals surface area contributed by atoms with E-state index in [1.165, 1.54) is 31.7 Å². The summed E-state index contributed by atoms with van der Waals surface area (Å²) < 4.78 is 37.7. The van der Waals surface area contributed by atoms with Crippen molar-refractivity contribution in [3.63, 3.8) is 0 Å². The lowest BCUT2D eigenvalue weighted by atomic mass is 9.95. The predicted molar refractivity (Wildman–Crippen MR) is 160 cm³/mol. The van der Waals surface area contributed by atoms with Crippen LogP contribution in [0.1, 0.15) is 69.2 Å². The molecule has 4 aliphatic rings. The van der Waals surface area contributed by atoms with Crippen LogP contribution in [0.15, 0.2) is 41.7 Å². The third-order valence-electron chi connectivity index (χ3n) is 9.31. The number of hydrogen-bond acceptors (Lipinski definition) is 9. The van der Waals surface area contributed by atoms with E-state index in [2.05, 4.69) is 39.0 Å². The van der Waals surface area contributed by atoms with Crippen LogP contribution in [0.2, 0.25) is 0 Å². The number of rotatable bonds is 7. The molecular weight excluding hydrogens is 568 g/mol. The fourth-order valence-corrected chi connectivity index (χ4v) is 7.72. The predicted octanol–water partition coefficient (Wildman–Crippen LogP) is 3.14. The van der Waals surface area contributed by atoms with Crippen LogP contribution in [0.25, 0.3) is 5.82 Å². The van der Waals surface area contributed by atoms with Crippen LogP contribution in [0, 0.1) is 17.8 Å². The Labute approximate surface area is 252 Å². The Balaban J connectivity index is 1.16. The van der Waals surface area contributed by atoms with Crippen molar-refractivity contribution in [1.82, 2.24) is 34.6 Å². The van der Waals surface area contributed by atoms with Gasteiger partial charge in [0.2, 0.25) is 5.88 Å². The zero-order chi connectivity index (χ0) is 29.8. The Morgan fingerprint density at radius 1 is 1.07 bits per heavy atom. The Kier molecular flexibility index (Phi) is 7.19. The van der Waals surface area contributed by atoms with Crippen molar-refractivity contribution in [2.24, 2.45) is 17.8 Å². The van der Waals surface area contributed by atoms with E-state index in [1.54, 1.807) is 33.9 Å². The largest absolute Gasteiger partial charge is 0.477 e. The third-order valence-corrected chi connectivity index (χ3v) is 10.5. The van der Waals surface area contributed by atoms with Crippen molar-refractivity contribution in [3.05, 3.63) is 42.2 Å². The van der Waals surface area contributed by atoms with Gasteiger partial charge in [-0.25, -0.2) is 14.4 Å². The number of ether oxygens (including phenoxy) is 1. The lowest BCUT2D eigenvalue weighted by molar-refractivity contribution is 0.0981. The van der Waals surface area contributed by atoms with Gasteiger partial charge >= 0.3 is 0 Å². The number of hydrogen-bond donors (Lipinski definition) is 2. The first-order valence-corrected chi connectivity index (χ1v) is 17.0. The van der Waals surface area contributed by atoms with E-state index >= 15 is 0 Å². The van der Waals surface area contributed by atoms with Crippen LogP contribution in [0.5, 0.6) is 5.88 Å². The lowest BCUT2D eigenvalue weighted by Crippen LogP contribution is -2.41. The zero-order valence-electron chi connectivity index (χ0n) is 24.8. The molecule has 3 fully saturated rings. The number of fused-ring (bicyclic) bond motifs is 6. The number of sulfonamides is 1. The molecule has 0 spiro atoms. The molecule has 7 rings (SSSR count). The number of amides is 1. The molecule has 12 nitrogen and oxygen atoms in total. The van der Waals surface area contributed by atoms with Gasteiger partial charge in [0.1, 0.15) is 5.82 Å². The Bertz CT molecular complexity index is 1600. The molecule has 2 aliphatic heterocycles. The van der Waals surface area contributed by atoms with Gasteiger partial charge in [-0.1, -0.05) is 0 Å². The summed E-state index contributed by atoms with van der Waals surface area (Å²) in [7, 11) is -4.18. The highest BCUT2D eigenvalue weighted by molar-refractivity contribution is 7.90. The Morgan fingerprint density at radius 3 is 2.63 bits per heavy atom. The number of nitrogens with zero attached hydrogens (tertiary/aromatic N) is 6. The lowest BCUT2D eigenvalue weighted by Gasteiger charge is -2.33. The fourth-order valence-electron chi connectivity index (χ4n) is 6.81.